The van der Waals surface area contributed by atoms with E-state index >= 15 is 0 Å². The fourth-order valence-electron chi connectivity index (χ4n) is 3.01. The van der Waals surface area contributed by atoms with Crippen molar-refractivity contribution >= 4 is 34.9 Å². The summed E-state index contributed by atoms with van der Waals surface area (Å²) in [5, 5.41) is 3.10. The van der Waals surface area contributed by atoms with Crippen LogP contribution in [-0.2, 0) is 16.0 Å². The molecule has 0 aliphatic carbocycles. The highest BCUT2D eigenvalue weighted by Gasteiger charge is 2.13. The van der Waals surface area contributed by atoms with Crippen molar-refractivity contribution in [2.24, 2.45) is 0 Å². The summed E-state index contributed by atoms with van der Waals surface area (Å²) in [4.78, 5) is 18.1. The number of benzene rings is 1. The predicted molar refractivity (Wildman–Crippen MR) is 121 cm³/mol. The van der Waals surface area contributed by atoms with Crippen LogP contribution in [0.5, 0.6) is 5.75 Å². The van der Waals surface area contributed by atoms with Gasteiger partial charge in [-0.1, -0.05) is 35.0 Å². The van der Waals surface area contributed by atoms with E-state index in [9.17, 15) is 9.18 Å². The highest BCUT2D eigenvalue weighted by molar-refractivity contribution is 6.36. The Bertz CT molecular complexity index is 1020. The zero-order valence-electron chi connectivity index (χ0n) is 17.3. The normalized spacial score (nSPS) is 13.8. The molecule has 1 amide bonds. The van der Waals surface area contributed by atoms with Crippen LogP contribution >= 0.6 is 23.2 Å². The van der Waals surface area contributed by atoms with Crippen molar-refractivity contribution in [3.63, 3.8) is 0 Å². The van der Waals surface area contributed by atoms with Gasteiger partial charge in [0.2, 0.25) is 5.91 Å². The molecule has 1 aliphatic rings. The van der Waals surface area contributed by atoms with Gasteiger partial charge in [0.1, 0.15) is 5.82 Å². The lowest BCUT2D eigenvalue weighted by Crippen LogP contribution is -2.43. The van der Waals surface area contributed by atoms with Gasteiger partial charge in [0.25, 0.3) is 0 Å². The highest BCUT2D eigenvalue weighted by atomic mass is 35.5. The van der Waals surface area contributed by atoms with Crippen LogP contribution < -0.4 is 15.8 Å². The minimum Gasteiger partial charge on any atom is -0.489 e. The molecule has 0 saturated carbocycles. The monoisotopic (exact) mass is 480 g/mol. The number of carbonyl (C=O) groups excluding carboxylic acids is 1. The molecule has 0 unspecified atom stereocenters. The van der Waals surface area contributed by atoms with Crippen LogP contribution in [0.1, 0.15) is 11.1 Å². The second-order valence-corrected chi connectivity index (χ2v) is 7.78. The number of ether oxygens (including phenoxy) is 2. The molecule has 170 valence electrons. The molecule has 1 saturated heterocycles. The van der Waals surface area contributed by atoms with Gasteiger partial charge in [0.05, 0.1) is 37.9 Å². The number of hydrogen-bond acceptors (Lipinski definition) is 6. The molecule has 2 aromatic rings. The van der Waals surface area contributed by atoms with E-state index in [1.54, 1.807) is 6.07 Å². The van der Waals surface area contributed by atoms with Gasteiger partial charge in [-0.2, -0.15) is 0 Å². The Balaban J connectivity index is 1.50. The van der Waals surface area contributed by atoms with Crippen molar-refractivity contribution in [3.05, 3.63) is 51.4 Å². The van der Waals surface area contributed by atoms with Gasteiger partial charge in [0, 0.05) is 42.4 Å². The molecule has 1 aromatic carbocycles. The van der Waals surface area contributed by atoms with Crippen LogP contribution in [0.3, 0.4) is 0 Å². The third-order valence-corrected chi connectivity index (χ3v) is 5.47. The average Bonchev–Trinajstić information content (AvgIpc) is 2.79. The largest absolute Gasteiger partial charge is 0.489 e. The lowest BCUT2D eigenvalue weighted by molar-refractivity contribution is -0.123. The first kappa shape index (κ1) is 24.1. The van der Waals surface area contributed by atoms with E-state index < -0.39 is 5.82 Å². The van der Waals surface area contributed by atoms with Crippen molar-refractivity contribution in [1.29, 1.82) is 0 Å². The first-order chi connectivity index (χ1) is 15.4. The van der Waals surface area contributed by atoms with Gasteiger partial charge in [-0.3, -0.25) is 9.69 Å². The number of aromatic nitrogens is 1. The summed E-state index contributed by atoms with van der Waals surface area (Å²) in [6.07, 6.45) is 1.81. The third kappa shape index (κ3) is 6.97. The summed E-state index contributed by atoms with van der Waals surface area (Å²) >= 11 is 12.1. The molecule has 0 atom stereocenters. The second kappa shape index (κ2) is 11.9. The second-order valence-electron chi connectivity index (χ2n) is 6.99. The third-order valence-electron chi connectivity index (χ3n) is 4.71. The number of anilines is 1. The van der Waals surface area contributed by atoms with Crippen molar-refractivity contribution in [2.75, 3.05) is 51.7 Å². The van der Waals surface area contributed by atoms with Crippen LogP contribution in [0.2, 0.25) is 10.0 Å². The maximum atomic E-state index is 13.6. The van der Waals surface area contributed by atoms with Gasteiger partial charge >= 0.3 is 0 Å². The van der Waals surface area contributed by atoms with Crippen LogP contribution in [0.25, 0.3) is 0 Å². The van der Waals surface area contributed by atoms with Crippen molar-refractivity contribution < 1.29 is 18.7 Å². The van der Waals surface area contributed by atoms with Gasteiger partial charge in [0.15, 0.2) is 11.6 Å². The van der Waals surface area contributed by atoms with Crippen LogP contribution in [0, 0.1) is 17.7 Å². The minimum atomic E-state index is -0.540. The van der Waals surface area contributed by atoms with Crippen LogP contribution in [0.4, 0.5) is 10.2 Å². The first-order valence-corrected chi connectivity index (χ1v) is 10.8. The number of amides is 1. The minimum absolute atomic E-state index is 0.0255. The predicted octanol–water partition coefficient (Wildman–Crippen LogP) is 2.53. The number of nitrogens with two attached hydrogens (primary N) is 1. The Hall–Kier alpha value is -2.57. The maximum absolute atomic E-state index is 13.6. The number of hydrogen-bond donors (Lipinski definition) is 2. The van der Waals surface area contributed by atoms with Gasteiger partial charge in [-0.15, -0.1) is 0 Å². The quantitative estimate of drug-likeness (QED) is 0.467. The molecule has 32 heavy (non-hydrogen) atoms. The Morgan fingerprint density at radius 2 is 2.12 bits per heavy atom. The Kier molecular flexibility index (Phi) is 8.94. The van der Waals surface area contributed by atoms with E-state index in [-0.39, 0.29) is 29.9 Å². The molecule has 10 heteroatoms. The number of nitrogens with one attached hydrogen (secondary N) is 1. The van der Waals surface area contributed by atoms with E-state index in [0.717, 1.165) is 13.1 Å². The summed E-state index contributed by atoms with van der Waals surface area (Å²) in [6, 6.07) is 4.31. The number of halogens is 3. The lowest BCUT2D eigenvalue weighted by atomic mass is 10.1. The SMILES string of the molecule is Nc1ncc(C#CCNC(=O)CN2CCOCC2)cc1OCCc1c(Cl)ccc(F)c1Cl. The van der Waals surface area contributed by atoms with E-state index in [1.165, 1.54) is 18.3 Å². The fraction of sp³-hybridized carbons (Fsp3) is 0.364. The maximum Gasteiger partial charge on any atom is 0.234 e. The lowest BCUT2D eigenvalue weighted by Gasteiger charge is -2.25. The molecule has 0 radical (unpaired) electrons. The molecule has 2 heterocycles. The molecular formula is C22H23Cl2FN4O3. The number of morpholine rings is 1. The fourth-order valence-corrected chi connectivity index (χ4v) is 3.57. The number of nitrogens with zero attached hydrogens (tertiary/aromatic N) is 2. The molecule has 0 spiro atoms. The number of nitrogen functional groups attached to an aromatic ring is 1. The zero-order valence-corrected chi connectivity index (χ0v) is 18.8. The topological polar surface area (TPSA) is 89.7 Å². The zero-order chi connectivity index (χ0) is 22.9. The summed E-state index contributed by atoms with van der Waals surface area (Å²) < 4.78 is 24.6. The number of pyridine rings is 1. The van der Waals surface area contributed by atoms with Crippen molar-refractivity contribution in [3.8, 4) is 17.6 Å². The molecule has 3 rings (SSSR count). The van der Waals surface area contributed by atoms with Gasteiger partial charge in [-0.25, -0.2) is 9.37 Å². The Labute approximate surface area is 196 Å². The molecule has 3 N–H and O–H groups in total. The number of carbonyl (C=O) groups is 1. The van der Waals surface area contributed by atoms with Crippen LogP contribution in [0.15, 0.2) is 24.4 Å². The van der Waals surface area contributed by atoms with Crippen molar-refractivity contribution in [1.82, 2.24) is 15.2 Å². The summed E-state index contributed by atoms with van der Waals surface area (Å²) in [5.74, 6) is 5.71. The molecule has 1 fully saturated rings. The van der Waals surface area contributed by atoms with Gasteiger partial charge < -0.3 is 20.5 Å². The average molecular weight is 481 g/mol. The van der Waals surface area contributed by atoms with E-state index in [4.69, 9.17) is 38.4 Å². The first-order valence-electron chi connectivity index (χ1n) is 10.0. The molecule has 1 aromatic heterocycles. The summed E-state index contributed by atoms with van der Waals surface area (Å²) in [6.45, 7) is 3.48. The number of rotatable bonds is 7. The van der Waals surface area contributed by atoms with E-state index in [2.05, 4.69) is 22.1 Å². The standard InChI is InChI=1S/C22H23Cl2FN4O3/c23-17-3-4-18(25)21(24)16(17)5-9-32-19-12-15(13-28-22(19)26)2-1-6-27-20(30)14-29-7-10-31-11-8-29/h3-4,12-13H,5-11,14H2,(H2,26,28)(H,27,30). The van der Waals surface area contributed by atoms with Gasteiger partial charge in [-0.05, 0) is 17.7 Å². The summed E-state index contributed by atoms with van der Waals surface area (Å²) in [7, 11) is 0. The summed E-state index contributed by atoms with van der Waals surface area (Å²) in [5.41, 5.74) is 6.91. The molecule has 0 bridgehead atoms. The molecular weight excluding hydrogens is 458 g/mol. The smallest absolute Gasteiger partial charge is 0.234 e. The Morgan fingerprint density at radius 1 is 1.34 bits per heavy atom. The molecule has 7 nitrogen and oxygen atoms in total. The van der Waals surface area contributed by atoms with E-state index in [1.807, 2.05) is 4.90 Å². The highest BCUT2D eigenvalue weighted by Crippen LogP contribution is 2.28. The van der Waals surface area contributed by atoms with Crippen LogP contribution in [-0.4, -0.2) is 61.8 Å². The van der Waals surface area contributed by atoms with Crippen molar-refractivity contribution in [2.45, 2.75) is 6.42 Å². The Morgan fingerprint density at radius 3 is 2.91 bits per heavy atom. The molecule has 1 aliphatic heterocycles. The van der Waals surface area contributed by atoms with E-state index in [0.29, 0.717) is 48.1 Å².